The van der Waals surface area contributed by atoms with E-state index < -0.39 is 0 Å². The molecule has 0 spiro atoms. The molecule has 0 saturated carbocycles. The Kier molecular flexibility index (Phi) is 4.89. The second-order valence-corrected chi connectivity index (χ2v) is 6.12. The second kappa shape index (κ2) is 6.46. The van der Waals surface area contributed by atoms with Crippen molar-refractivity contribution in [2.45, 2.75) is 19.8 Å². The average Bonchev–Trinajstić information content (AvgIpc) is 2.80. The van der Waals surface area contributed by atoms with Crippen molar-refractivity contribution in [3.05, 3.63) is 28.1 Å². The van der Waals surface area contributed by atoms with Crippen LogP contribution in [0.1, 0.15) is 29.4 Å². The van der Waals surface area contributed by atoms with Gasteiger partial charge in [-0.25, -0.2) is 0 Å². The number of carbonyl (C=O) groups is 1. The SMILES string of the molecule is CCCCN(C)C(=O)c1sc2ccc(OC)cc2c1Cl. The Labute approximate surface area is 128 Å². The molecule has 0 N–H and O–H groups in total. The summed E-state index contributed by atoms with van der Waals surface area (Å²) in [6.07, 6.45) is 2.06. The maximum Gasteiger partial charge on any atom is 0.265 e. The number of fused-ring (bicyclic) bond motifs is 1. The number of hydrogen-bond donors (Lipinski definition) is 0. The number of unbranched alkanes of at least 4 members (excludes halogenated alkanes) is 1. The molecule has 1 aromatic heterocycles. The summed E-state index contributed by atoms with van der Waals surface area (Å²) < 4.78 is 6.20. The molecule has 0 aliphatic rings. The number of thiophene rings is 1. The summed E-state index contributed by atoms with van der Waals surface area (Å²) >= 11 is 7.80. The number of rotatable bonds is 5. The zero-order chi connectivity index (χ0) is 14.7. The minimum Gasteiger partial charge on any atom is -0.497 e. The lowest BCUT2D eigenvalue weighted by molar-refractivity contribution is 0.0798. The van der Waals surface area contributed by atoms with Crippen LogP contribution in [0.2, 0.25) is 5.02 Å². The highest BCUT2D eigenvalue weighted by Gasteiger charge is 2.20. The van der Waals surface area contributed by atoms with Crippen LogP contribution >= 0.6 is 22.9 Å². The zero-order valence-electron chi connectivity index (χ0n) is 11.9. The molecule has 0 saturated heterocycles. The van der Waals surface area contributed by atoms with E-state index in [-0.39, 0.29) is 5.91 Å². The van der Waals surface area contributed by atoms with Gasteiger partial charge in [0, 0.05) is 23.7 Å². The quantitative estimate of drug-likeness (QED) is 0.817. The molecule has 0 atom stereocenters. The molecule has 0 unspecified atom stereocenters. The van der Waals surface area contributed by atoms with Gasteiger partial charge in [0.1, 0.15) is 10.6 Å². The summed E-state index contributed by atoms with van der Waals surface area (Å²) in [6, 6.07) is 5.69. The Hall–Kier alpha value is -1.26. The van der Waals surface area contributed by atoms with E-state index in [0.29, 0.717) is 9.90 Å². The van der Waals surface area contributed by atoms with Crippen molar-refractivity contribution in [2.75, 3.05) is 20.7 Å². The third-order valence-corrected chi connectivity index (χ3v) is 4.89. The fraction of sp³-hybridized carbons (Fsp3) is 0.400. The average molecular weight is 312 g/mol. The number of methoxy groups -OCH3 is 1. The number of halogens is 1. The molecule has 2 aromatic rings. The van der Waals surface area contributed by atoms with E-state index in [1.807, 2.05) is 25.2 Å². The first-order chi connectivity index (χ1) is 9.58. The van der Waals surface area contributed by atoms with E-state index in [2.05, 4.69) is 6.92 Å². The number of benzene rings is 1. The molecule has 108 valence electrons. The Morgan fingerprint density at radius 3 is 2.85 bits per heavy atom. The van der Waals surface area contributed by atoms with E-state index in [9.17, 15) is 4.79 Å². The first-order valence-electron chi connectivity index (χ1n) is 6.60. The molecule has 0 fully saturated rings. The number of nitrogens with zero attached hydrogens (tertiary/aromatic N) is 1. The molecule has 1 heterocycles. The standard InChI is InChI=1S/C15H18ClNO2S/c1-4-5-8-17(2)15(18)14-13(16)11-9-10(19-3)6-7-12(11)20-14/h6-7,9H,4-5,8H2,1-3H3. The van der Waals surface area contributed by atoms with Crippen LogP contribution in [0, 0.1) is 0 Å². The Balaban J connectivity index is 2.35. The lowest BCUT2D eigenvalue weighted by Crippen LogP contribution is -2.27. The zero-order valence-corrected chi connectivity index (χ0v) is 13.5. The number of ether oxygens (including phenoxy) is 1. The van der Waals surface area contributed by atoms with Crippen molar-refractivity contribution in [3.63, 3.8) is 0 Å². The fourth-order valence-corrected chi connectivity index (χ4v) is 3.46. The van der Waals surface area contributed by atoms with Crippen LogP contribution in [-0.4, -0.2) is 31.5 Å². The van der Waals surface area contributed by atoms with Crippen molar-refractivity contribution < 1.29 is 9.53 Å². The minimum atomic E-state index is -0.0105. The summed E-state index contributed by atoms with van der Waals surface area (Å²) in [6.45, 7) is 2.86. The molecule has 3 nitrogen and oxygen atoms in total. The van der Waals surface area contributed by atoms with Crippen LogP contribution in [0.15, 0.2) is 18.2 Å². The summed E-state index contributed by atoms with van der Waals surface area (Å²) in [4.78, 5) is 14.8. The van der Waals surface area contributed by atoms with Crippen LogP contribution in [0.3, 0.4) is 0 Å². The fourth-order valence-electron chi connectivity index (χ4n) is 1.98. The van der Waals surface area contributed by atoms with Crippen LogP contribution < -0.4 is 4.74 Å². The van der Waals surface area contributed by atoms with Crippen molar-refractivity contribution in [1.29, 1.82) is 0 Å². The minimum absolute atomic E-state index is 0.0105. The smallest absolute Gasteiger partial charge is 0.265 e. The Bertz CT molecular complexity index is 624. The number of amides is 1. The molecule has 0 aliphatic carbocycles. The summed E-state index contributed by atoms with van der Waals surface area (Å²) in [5.74, 6) is 0.735. The molecule has 0 bridgehead atoms. The summed E-state index contributed by atoms with van der Waals surface area (Å²) in [7, 11) is 3.44. The number of carbonyl (C=O) groups excluding carboxylic acids is 1. The van der Waals surface area contributed by atoms with Gasteiger partial charge in [-0.2, -0.15) is 0 Å². The molecule has 5 heteroatoms. The Morgan fingerprint density at radius 1 is 1.45 bits per heavy atom. The van der Waals surface area contributed by atoms with Gasteiger partial charge in [-0.1, -0.05) is 24.9 Å². The van der Waals surface area contributed by atoms with Crippen molar-refractivity contribution in [3.8, 4) is 5.75 Å². The highest BCUT2D eigenvalue weighted by molar-refractivity contribution is 7.21. The first-order valence-corrected chi connectivity index (χ1v) is 7.79. The van der Waals surface area contributed by atoms with Gasteiger partial charge in [-0.05, 0) is 24.6 Å². The van der Waals surface area contributed by atoms with E-state index >= 15 is 0 Å². The molecule has 0 radical (unpaired) electrons. The van der Waals surface area contributed by atoms with E-state index in [1.165, 1.54) is 11.3 Å². The molecule has 20 heavy (non-hydrogen) atoms. The molecule has 0 aliphatic heterocycles. The largest absolute Gasteiger partial charge is 0.497 e. The predicted molar refractivity (Wildman–Crippen MR) is 85.3 cm³/mol. The highest BCUT2D eigenvalue weighted by atomic mass is 35.5. The van der Waals surface area contributed by atoms with Crippen LogP contribution in [0.5, 0.6) is 5.75 Å². The van der Waals surface area contributed by atoms with Crippen LogP contribution in [0.25, 0.3) is 10.1 Å². The molecular weight excluding hydrogens is 294 g/mol. The maximum absolute atomic E-state index is 12.4. The van der Waals surface area contributed by atoms with Gasteiger partial charge < -0.3 is 9.64 Å². The third-order valence-electron chi connectivity index (χ3n) is 3.22. The van der Waals surface area contributed by atoms with Gasteiger partial charge >= 0.3 is 0 Å². The molecule has 1 aromatic carbocycles. The predicted octanol–water partition coefficient (Wildman–Crippen LogP) is 4.44. The monoisotopic (exact) mass is 311 g/mol. The van der Waals surface area contributed by atoms with Crippen molar-refractivity contribution in [1.82, 2.24) is 4.90 Å². The molecule has 1 amide bonds. The first kappa shape index (κ1) is 15.1. The summed E-state index contributed by atoms with van der Waals surface area (Å²) in [5.41, 5.74) is 0. The van der Waals surface area contributed by atoms with Gasteiger partial charge in [0.25, 0.3) is 5.91 Å². The molecular formula is C15H18ClNO2S. The lowest BCUT2D eigenvalue weighted by atomic mass is 10.2. The number of hydrogen-bond acceptors (Lipinski definition) is 3. The van der Waals surface area contributed by atoms with Gasteiger partial charge in [-0.15, -0.1) is 11.3 Å². The highest BCUT2D eigenvalue weighted by Crippen LogP contribution is 2.37. The molecule has 2 rings (SSSR count). The normalized spacial score (nSPS) is 10.8. The van der Waals surface area contributed by atoms with E-state index in [1.54, 1.807) is 12.0 Å². The lowest BCUT2D eigenvalue weighted by Gasteiger charge is -2.15. The van der Waals surface area contributed by atoms with Gasteiger partial charge in [0.05, 0.1) is 12.1 Å². The van der Waals surface area contributed by atoms with Crippen molar-refractivity contribution >= 4 is 38.9 Å². The third kappa shape index (κ3) is 2.91. The second-order valence-electron chi connectivity index (χ2n) is 4.69. The van der Waals surface area contributed by atoms with E-state index in [4.69, 9.17) is 16.3 Å². The van der Waals surface area contributed by atoms with Gasteiger partial charge in [0.15, 0.2) is 0 Å². The van der Waals surface area contributed by atoms with Gasteiger partial charge in [-0.3, -0.25) is 4.79 Å². The van der Waals surface area contributed by atoms with Gasteiger partial charge in [0.2, 0.25) is 0 Å². The summed E-state index contributed by atoms with van der Waals surface area (Å²) in [5, 5.41) is 1.40. The Morgan fingerprint density at radius 2 is 2.20 bits per heavy atom. The topological polar surface area (TPSA) is 29.5 Å². The van der Waals surface area contributed by atoms with Crippen molar-refractivity contribution in [2.24, 2.45) is 0 Å². The van der Waals surface area contributed by atoms with Crippen LogP contribution in [0.4, 0.5) is 0 Å². The van der Waals surface area contributed by atoms with E-state index in [0.717, 1.165) is 35.2 Å². The van der Waals surface area contributed by atoms with Crippen LogP contribution in [-0.2, 0) is 0 Å². The maximum atomic E-state index is 12.4.